The highest BCUT2D eigenvalue weighted by Crippen LogP contribution is 2.36. The summed E-state index contributed by atoms with van der Waals surface area (Å²) in [5.41, 5.74) is 1.67. The van der Waals surface area contributed by atoms with Gasteiger partial charge in [-0.25, -0.2) is 0 Å². The Morgan fingerprint density at radius 3 is 2.65 bits per heavy atom. The van der Waals surface area contributed by atoms with E-state index in [1.807, 2.05) is 34.6 Å². The van der Waals surface area contributed by atoms with Crippen molar-refractivity contribution in [3.63, 3.8) is 0 Å². The van der Waals surface area contributed by atoms with Crippen LogP contribution in [0.4, 0.5) is 0 Å². The largest absolute Gasteiger partial charge is 0.465 e. The maximum absolute atomic E-state index is 13.2. The summed E-state index contributed by atoms with van der Waals surface area (Å²) in [7, 11) is 0. The quantitative estimate of drug-likeness (QED) is 0.789. The fourth-order valence-corrected chi connectivity index (χ4v) is 4.30. The Morgan fingerprint density at radius 1 is 1.19 bits per heavy atom. The van der Waals surface area contributed by atoms with Crippen LogP contribution in [0.3, 0.4) is 0 Å². The summed E-state index contributed by atoms with van der Waals surface area (Å²) in [5.74, 6) is 2.14. The van der Waals surface area contributed by atoms with Gasteiger partial charge in [-0.05, 0) is 31.4 Å². The molecule has 2 aliphatic rings. The van der Waals surface area contributed by atoms with Crippen molar-refractivity contribution in [2.75, 3.05) is 13.1 Å². The van der Waals surface area contributed by atoms with Gasteiger partial charge in [0, 0.05) is 42.7 Å². The van der Waals surface area contributed by atoms with Crippen molar-refractivity contribution in [2.24, 2.45) is 5.92 Å². The normalized spacial score (nSPS) is 22.2. The van der Waals surface area contributed by atoms with Crippen LogP contribution in [0, 0.1) is 12.8 Å². The minimum absolute atomic E-state index is 0.0446. The molecule has 4 rings (SSSR count). The number of nitrogens with zero attached hydrogens (tertiary/aromatic N) is 2. The number of aryl methyl sites for hydroxylation is 1. The van der Waals surface area contributed by atoms with E-state index in [-0.39, 0.29) is 22.8 Å². The molecule has 5 nitrogen and oxygen atoms in total. The molecule has 2 aliphatic heterocycles. The number of furan rings is 1. The molecule has 4 heterocycles. The SMILES string of the molecule is Cc1oc(C(C)(C)C)cc1C(=O)N1C[C@H]2C[C@@H](C1)c1cccc(=O)n1C2. The Balaban J connectivity index is 1.62. The van der Waals surface area contributed by atoms with Gasteiger partial charge in [-0.1, -0.05) is 26.8 Å². The van der Waals surface area contributed by atoms with E-state index in [1.165, 1.54) is 0 Å². The van der Waals surface area contributed by atoms with E-state index in [0.717, 1.165) is 17.9 Å². The summed E-state index contributed by atoms with van der Waals surface area (Å²) in [4.78, 5) is 27.3. The topological polar surface area (TPSA) is 55.5 Å². The fourth-order valence-electron chi connectivity index (χ4n) is 4.30. The van der Waals surface area contributed by atoms with E-state index in [1.54, 1.807) is 6.07 Å². The number of hydrogen-bond donors (Lipinski definition) is 0. The number of hydrogen-bond acceptors (Lipinski definition) is 3. The van der Waals surface area contributed by atoms with Crippen LogP contribution in [0.5, 0.6) is 0 Å². The third-order valence-corrected chi connectivity index (χ3v) is 5.65. The average Bonchev–Trinajstić information content (AvgIpc) is 2.97. The van der Waals surface area contributed by atoms with Gasteiger partial charge in [0.25, 0.3) is 11.5 Å². The minimum Gasteiger partial charge on any atom is -0.465 e. The van der Waals surface area contributed by atoms with Crippen molar-refractivity contribution in [1.29, 1.82) is 0 Å². The number of carbonyl (C=O) groups excluding carboxylic acids is 1. The lowest BCUT2D eigenvalue weighted by Crippen LogP contribution is -2.49. The number of amides is 1. The molecule has 0 N–H and O–H groups in total. The molecular weight excluding hydrogens is 328 g/mol. The first kappa shape index (κ1) is 17.1. The maximum atomic E-state index is 13.2. The highest BCUT2D eigenvalue weighted by molar-refractivity contribution is 5.95. The lowest BCUT2D eigenvalue weighted by atomic mass is 9.83. The van der Waals surface area contributed by atoms with Crippen LogP contribution in [0.1, 0.15) is 60.7 Å². The molecule has 0 radical (unpaired) electrons. The molecule has 2 aromatic heterocycles. The van der Waals surface area contributed by atoms with Gasteiger partial charge in [0.05, 0.1) is 5.56 Å². The van der Waals surface area contributed by atoms with Gasteiger partial charge < -0.3 is 13.9 Å². The van der Waals surface area contributed by atoms with Crippen molar-refractivity contribution in [1.82, 2.24) is 9.47 Å². The molecule has 0 saturated carbocycles. The molecule has 26 heavy (non-hydrogen) atoms. The lowest BCUT2D eigenvalue weighted by Gasteiger charge is -2.42. The predicted molar refractivity (Wildman–Crippen MR) is 99.6 cm³/mol. The number of rotatable bonds is 1. The van der Waals surface area contributed by atoms with Gasteiger partial charge in [-0.2, -0.15) is 0 Å². The van der Waals surface area contributed by atoms with Crippen LogP contribution < -0.4 is 5.56 Å². The van der Waals surface area contributed by atoms with Gasteiger partial charge in [0.2, 0.25) is 0 Å². The van der Waals surface area contributed by atoms with E-state index < -0.39 is 0 Å². The fraction of sp³-hybridized carbons (Fsp3) is 0.524. The van der Waals surface area contributed by atoms with Crippen molar-refractivity contribution >= 4 is 5.91 Å². The molecule has 0 spiro atoms. The first-order valence-electron chi connectivity index (χ1n) is 9.34. The third kappa shape index (κ3) is 2.79. The zero-order valence-corrected chi connectivity index (χ0v) is 15.9. The Bertz CT molecular complexity index is 916. The standard InChI is InChI=1S/C21H26N2O3/c1-13-16(9-18(26-13)21(2,3)4)20(25)22-10-14-8-15(12-22)17-6-5-7-19(24)23(17)11-14/h5-7,9,14-15H,8,10-12H2,1-4H3/t14-,15+/m1/s1. The maximum Gasteiger partial charge on any atom is 0.257 e. The molecule has 5 heteroatoms. The van der Waals surface area contributed by atoms with Crippen molar-refractivity contribution in [3.8, 4) is 0 Å². The highest BCUT2D eigenvalue weighted by atomic mass is 16.3. The first-order chi connectivity index (χ1) is 12.2. The Hall–Kier alpha value is -2.30. The Kier molecular flexibility index (Phi) is 3.86. The average molecular weight is 354 g/mol. The van der Waals surface area contributed by atoms with Gasteiger partial charge in [-0.15, -0.1) is 0 Å². The number of piperidine rings is 1. The Morgan fingerprint density at radius 2 is 1.96 bits per heavy atom. The zero-order valence-electron chi connectivity index (χ0n) is 15.9. The molecule has 1 fully saturated rings. The summed E-state index contributed by atoms with van der Waals surface area (Å²) < 4.78 is 7.75. The number of pyridine rings is 1. The third-order valence-electron chi connectivity index (χ3n) is 5.65. The van der Waals surface area contributed by atoms with Crippen LogP contribution in [0.15, 0.2) is 33.5 Å². The van der Waals surface area contributed by atoms with Crippen LogP contribution >= 0.6 is 0 Å². The molecule has 2 aromatic rings. The molecular formula is C21H26N2O3. The summed E-state index contributed by atoms with van der Waals surface area (Å²) in [6, 6.07) is 7.37. The molecule has 2 atom stereocenters. The summed E-state index contributed by atoms with van der Waals surface area (Å²) in [6.07, 6.45) is 1.05. The van der Waals surface area contributed by atoms with Crippen molar-refractivity contribution in [3.05, 3.63) is 57.4 Å². The van der Waals surface area contributed by atoms with Gasteiger partial charge in [-0.3, -0.25) is 9.59 Å². The number of likely N-dealkylation sites (tertiary alicyclic amines) is 1. The molecule has 138 valence electrons. The lowest BCUT2D eigenvalue weighted by molar-refractivity contribution is 0.0593. The van der Waals surface area contributed by atoms with Crippen molar-refractivity contribution < 1.29 is 9.21 Å². The molecule has 0 aliphatic carbocycles. The smallest absolute Gasteiger partial charge is 0.257 e. The van der Waals surface area contributed by atoms with E-state index in [2.05, 4.69) is 20.8 Å². The summed E-state index contributed by atoms with van der Waals surface area (Å²) in [5, 5.41) is 0. The van der Waals surface area contributed by atoms with Gasteiger partial charge in [0.15, 0.2) is 0 Å². The molecule has 0 unspecified atom stereocenters. The monoisotopic (exact) mass is 354 g/mol. The Labute approximate surface area is 153 Å². The zero-order chi connectivity index (χ0) is 18.6. The van der Waals surface area contributed by atoms with E-state index in [4.69, 9.17) is 4.42 Å². The van der Waals surface area contributed by atoms with Crippen LogP contribution in [-0.4, -0.2) is 28.5 Å². The van der Waals surface area contributed by atoms with E-state index >= 15 is 0 Å². The van der Waals surface area contributed by atoms with Crippen molar-refractivity contribution in [2.45, 2.75) is 52.0 Å². The number of fused-ring (bicyclic) bond motifs is 4. The first-order valence-corrected chi connectivity index (χ1v) is 9.34. The van der Waals surface area contributed by atoms with Crippen LogP contribution in [0.25, 0.3) is 0 Å². The predicted octanol–water partition coefficient (Wildman–Crippen LogP) is 3.31. The van der Waals surface area contributed by atoms with Crippen LogP contribution in [0.2, 0.25) is 0 Å². The summed E-state index contributed by atoms with van der Waals surface area (Å²) in [6.45, 7) is 10.2. The van der Waals surface area contributed by atoms with E-state index in [0.29, 0.717) is 36.9 Å². The molecule has 1 amide bonds. The highest BCUT2D eigenvalue weighted by Gasteiger charge is 2.37. The molecule has 2 bridgehead atoms. The van der Waals surface area contributed by atoms with Crippen LogP contribution in [-0.2, 0) is 12.0 Å². The van der Waals surface area contributed by atoms with Gasteiger partial charge in [0.1, 0.15) is 11.5 Å². The minimum atomic E-state index is -0.123. The molecule has 1 saturated heterocycles. The second-order valence-corrected chi connectivity index (χ2v) is 8.74. The second-order valence-electron chi connectivity index (χ2n) is 8.74. The summed E-state index contributed by atoms with van der Waals surface area (Å²) >= 11 is 0. The second kappa shape index (κ2) is 5.86. The molecule has 0 aromatic carbocycles. The number of carbonyl (C=O) groups is 1. The van der Waals surface area contributed by atoms with Gasteiger partial charge >= 0.3 is 0 Å². The number of aromatic nitrogens is 1. The van der Waals surface area contributed by atoms with E-state index in [9.17, 15) is 9.59 Å².